The van der Waals surface area contributed by atoms with Gasteiger partial charge in [0.05, 0.1) is 7.11 Å². The molecule has 0 amide bonds. The highest BCUT2D eigenvalue weighted by Gasteiger charge is 2.13. The zero-order valence-corrected chi connectivity index (χ0v) is 11.5. The molecule has 98 valence electrons. The Morgan fingerprint density at radius 2 is 2.11 bits per heavy atom. The molecule has 0 aliphatic rings. The van der Waals surface area contributed by atoms with Crippen LogP contribution in [0.4, 0.5) is 0 Å². The van der Waals surface area contributed by atoms with E-state index < -0.39 is 5.97 Å². The summed E-state index contributed by atoms with van der Waals surface area (Å²) in [6.07, 6.45) is 1.52. The topological polar surface area (TPSA) is 68.7 Å². The average molecular weight is 324 g/mol. The molecule has 2 aromatic rings. The van der Waals surface area contributed by atoms with Crippen LogP contribution in [0, 0.1) is 0 Å². The molecule has 0 saturated heterocycles. The number of carbonyl (C=O) groups is 1. The quantitative estimate of drug-likeness (QED) is 0.934. The van der Waals surface area contributed by atoms with Crippen LogP contribution < -0.4 is 9.47 Å². The minimum Gasteiger partial charge on any atom is -0.481 e. The highest BCUT2D eigenvalue weighted by molar-refractivity contribution is 9.10. The lowest BCUT2D eigenvalue weighted by Crippen LogP contribution is -2.00. The maximum Gasteiger partial charge on any atom is 0.339 e. The number of hydrogen-bond acceptors (Lipinski definition) is 4. The van der Waals surface area contributed by atoms with E-state index in [4.69, 9.17) is 14.6 Å². The Hall–Kier alpha value is -2.08. The summed E-state index contributed by atoms with van der Waals surface area (Å²) in [6, 6.07) is 7.97. The summed E-state index contributed by atoms with van der Waals surface area (Å²) < 4.78 is 11.2. The van der Waals surface area contributed by atoms with Crippen LogP contribution in [0.3, 0.4) is 0 Å². The van der Waals surface area contributed by atoms with Crippen molar-refractivity contribution in [2.45, 2.75) is 0 Å². The van der Waals surface area contributed by atoms with Crippen LogP contribution in [-0.4, -0.2) is 23.2 Å². The third-order valence-corrected chi connectivity index (χ3v) is 2.81. The molecule has 1 aromatic heterocycles. The monoisotopic (exact) mass is 323 g/mol. The van der Waals surface area contributed by atoms with Crippen LogP contribution >= 0.6 is 15.9 Å². The molecule has 0 atom stereocenters. The Bertz CT molecular complexity index is 615. The number of ether oxygens (including phenoxy) is 2. The number of aromatic carboxylic acids is 1. The lowest BCUT2D eigenvalue weighted by molar-refractivity contribution is 0.0694. The van der Waals surface area contributed by atoms with Gasteiger partial charge in [0.2, 0.25) is 5.88 Å². The molecule has 1 N–H and O–H groups in total. The maximum atomic E-state index is 11.1. The summed E-state index contributed by atoms with van der Waals surface area (Å²) >= 11 is 3.22. The first-order valence-corrected chi connectivity index (χ1v) is 6.10. The summed E-state index contributed by atoms with van der Waals surface area (Å²) in [4.78, 5) is 15.1. The standard InChI is InChI=1S/C13H10BrNO4/c1-18-12-7-9(4-5-15-12)19-11-3-2-8(14)6-10(11)13(16)17/h2-7H,1H3,(H,16,17). The Labute approximate surface area is 117 Å². The summed E-state index contributed by atoms with van der Waals surface area (Å²) in [6.45, 7) is 0. The molecular weight excluding hydrogens is 314 g/mol. The molecule has 0 fully saturated rings. The van der Waals surface area contributed by atoms with Crippen molar-refractivity contribution in [3.63, 3.8) is 0 Å². The molecule has 0 saturated carbocycles. The Kier molecular flexibility index (Phi) is 4.01. The molecule has 1 aromatic carbocycles. The predicted molar refractivity (Wildman–Crippen MR) is 72.0 cm³/mol. The Morgan fingerprint density at radius 3 is 2.79 bits per heavy atom. The second kappa shape index (κ2) is 5.71. The van der Waals surface area contributed by atoms with Gasteiger partial charge in [-0.25, -0.2) is 9.78 Å². The smallest absolute Gasteiger partial charge is 0.339 e. The largest absolute Gasteiger partial charge is 0.481 e. The van der Waals surface area contributed by atoms with Crippen molar-refractivity contribution in [2.24, 2.45) is 0 Å². The Balaban J connectivity index is 2.34. The maximum absolute atomic E-state index is 11.1. The first kappa shape index (κ1) is 13.4. The molecule has 6 heteroatoms. The van der Waals surface area contributed by atoms with E-state index in [1.165, 1.54) is 19.4 Å². The summed E-state index contributed by atoms with van der Waals surface area (Å²) in [5, 5.41) is 9.13. The molecular formula is C13H10BrNO4. The molecule has 1 heterocycles. The second-order valence-electron chi connectivity index (χ2n) is 3.58. The molecule has 0 spiro atoms. The fourth-order valence-electron chi connectivity index (χ4n) is 1.45. The van der Waals surface area contributed by atoms with Crippen LogP contribution in [0.5, 0.6) is 17.4 Å². The summed E-state index contributed by atoms with van der Waals surface area (Å²) in [7, 11) is 1.49. The molecule has 0 aliphatic heterocycles. The van der Waals surface area contributed by atoms with Gasteiger partial charge in [-0.2, -0.15) is 0 Å². The fraction of sp³-hybridized carbons (Fsp3) is 0.0769. The van der Waals surface area contributed by atoms with E-state index >= 15 is 0 Å². The van der Waals surface area contributed by atoms with E-state index in [0.717, 1.165) is 0 Å². The molecule has 0 aliphatic carbocycles. The van der Waals surface area contributed by atoms with Crippen LogP contribution in [0.15, 0.2) is 41.0 Å². The van der Waals surface area contributed by atoms with Gasteiger partial charge in [-0.1, -0.05) is 15.9 Å². The van der Waals surface area contributed by atoms with Crippen molar-refractivity contribution in [2.75, 3.05) is 7.11 Å². The minimum atomic E-state index is -1.06. The predicted octanol–water partition coefficient (Wildman–Crippen LogP) is 3.34. The van der Waals surface area contributed by atoms with E-state index in [2.05, 4.69) is 20.9 Å². The van der Waals surface area contributed by atoms with Crippen molar-refractivity contribution in [1.29, 1.82) is 0 Å². The van der Waals surface area contributed by atoms with Gasteiger partial charge in [-0.3, -0.25) is 0 Å². The van der Waals surface area contributed by atoms with E-state index in [9.17, 15) is 4.79 Å². The third kappa shape index (κ3) is 3.23. The summed E-state index contributed by atoms with van der Waals surface area (Å²) in [5.41, 5.74) is 0.0742. The normalized spacial score (nSPS) is 10.0. The number of rotatable bonds is 4. The number of pyridine rings is 1. The number of halogens is 1. The fourth-order valence-corrected chi connectivity index (χ4v) is 1.81. The van der Waals surface area contributed by atoms with Crippen LogP contribution in [0.2, 0.25) is 0 Å². The molecule has 0 radical (unpaired) electrons. The molecule has 19 heavy (non-hydrogen) atoms. The van der Waals surface area contributed by atoms with E-state index in [0.29, 0.717) is 16.1 Å². The second-order valence-corrected chi connectivity index (χ2v) is 4.50. The number of hydrogen-bond donors (Lipinski definition) is 1. The van der Waals surface area contributed by atoms with Gasteiger partial charge in [0, 0.05) is 16.7 Å². The van der Waals surface area contributed by atoms with Crippen molar-refractivity contribution in [1.82, 2.24) is 4.98 Å². The number of aromatic nitrogens is 1. The first-order valence-electron chi connectivity index (χ1n) is 5.31. The molecule has 2 rings (SSSR count). The molecule has 0 unspecified atom stereocenters. The van der Waals surface area contributed by atoms with Crippen molar-refractivity contribution >= 4 is 21.9 Å². The van der Waals surface area contributed by atoms with E-state index in [1.807, 2.05) is 0 Å². The zero-order chi connectivity index (χ0) is 13.8. The molecule has 0 bridgehead atoms. The number of carboxylic acids is 1. The Morgan fingerprint density at radius 1 is 1.32 bits per heavy atom. The SMILES string of the molecule is COc1cc(Oc2ccc(Br)cc2C(=O)O)ccn1. The van der Waals surface area contributed by atoms with Gasteiger partial charge < -0.3 is 14.6 Å². The van der Waals surface area contributed by atoms with Gasteiger partial charge >= 0.3 is 5.97 Å². The lowest BCUT2D eigenvalue weighted by atomic mass is 10.2. The van der Waals surface area contributed by atoms with Crippen molar-refractivity contribution < 1.29 is 19.4 Å². The van der Waals surface area contributed by atoms with Gasteiger partial charge in [0.15, 0.2) is 0 Å². The van der Waals surface area contributed by atoms with Gasteiger partial charge in [-0.15, -0.1) is 0 Å². The number of benzene rings is 1. The van der Waals surface area contributed by atoms with E-state index in [-0.39, 0.29) is 11.3 Å². The zero-order valence-electron chi connectivity index (χ0n) is 9.96. The highest BCUT2D eigenvalue weighted by Crippen LogP contribution is 2.29. The number of nitrogens with zero attached hydrogens (tertiary/aromatic N) is 1. The molecule has 5 nitrogen and oxygen atoms in total. The van der Waals surface area contributed by atoms with Crippen LogP contribution in [0.1, 0.15) is 10.4 Å². The van der Waals surface area contributed by atoms with Crippen LogP contribution in [0.25, 0.3) is 0 Å². The first-order chi connectivity index (χ1) is 9.10. The summed E-state index contributed by atoms with van der Waals surface area (Å²) in [5.74, 6) is 0.0458. The lowest BCUT2D eigenvalue weighted by Gasteiger charge is -2.09. The minimum absolute atomic E-state index is 0.0742. The number of methoxy groups -OCH3 is 1. The average Bonchev–Trinajstić information content (AvgIpc) is 2.41. The third-order valence-electron chi connectivity index (χ3n) is 2.32. The number of carboxylic acid groups (broad SMARTS) is 1. The highest BCUT2D eigenvalue weighted by atomic mass is 79.9. The van der Waals surface area contributed by atoms with Gasteiger partial charge in [0.25, 0.3) is 0 Å². The van der Waals surface area contributed by atoms with Gasteiger partial charge in [0.1, 0.15) is 17.1 Å². The van der Waals surface area contributed by atoms with Crippen molar-refractivity contribution in [3.8, 4) is 17.4 Å². The van der Waals surface area contributed by atoms with Gasteiger partial charge in [-0.05, 0) is 24.3 Å². The van der Waals surface area contributed by atoms with Crippen LogP contribution in [-0.2, 0) is 0 Å². The van der Waals surface area contributed by atoms with Crippen molar-refractivity contribution in [3.05, 3.63) is 46.6 Å². The van der Waals surface area contributed by atoms with E-state index in [1.54, 1.807) is 24.3 Å².